The Labute approximate surface area is 112 Å². The van der Waals surface area contributed by atoms with E-state index in [-0.39, 0.29) is 0 Å². The lowest BCUT2D eigenvalue weighted by Gasteiger charge is -2.11. The third-order valence-electron chi connectivity index (χ3n) is 2.38. The van der Waals surface area contributed by atoms with Crippen molar-refractivity contribution in [1.29, 1.82) is 5.26 Å². The Hall–Kier alpha value is -2.08. The van der Waals surface area contributed by atoms with E-state index in [1.54, 1.807) is 0 Å². The minimum atomic E-state index is -4.86. The van der Waals surface area contributed by atoms with Gasteiger partial charge in [0.05, 0.1) is 22.1 Å². The molecule has 0 aromatic heterocycles. The predicted octanol–water partition coefficient (Wildman–Crippen LogP) is 1.10. The Morgan fingerprint density at radius 2 is 2.00 bits per heavy atom. The number of nitrogens with zero attached hydrogens (tertiary/aromatic N) is 1. The quantitative estimate of drug-likeness (QED) is 0.906. The lowest BCUT2D eigenvalue weighted by atomic mass is 10.1. The Bertz CT molecular complexity index is 675. The van der Waals surface area contributed by atoms with Crippen LogP contribution in [0, 0.1) is 11.3 Å². The first-order chi connectivity index (χ1) is 9.11. The number of hydrogen-bond donors (Lipinski definition) is 1. The van der Waals surface area contributed by atoms with Gasteiger partial charge in [-0.3, -0.25) is 4.79 Å². The summed E-state index contributed by atoms with van der Waals surface area (Å²) in [7, 11) is -2.99. The van der Waals surface area contributed by atoms with Crippen molar-refractivity contribution in [3.63, 3.8) is 0 Å². The highest BCUT2D eigenvalue weighted by Gasteiger charge is 2.35. The number of amides is 1. The van der Waals surface area contributed by atoms with Crippen LogP contribution in [0.25, 0.3) is 0 Å². The summed E-state index contributed by atoms with van der Waals surface area (Å²) < 4.78 is 61.7. The van der Waals surface area contributed by atoms with Gasteiger partial charge in [0.1, 0.15) is 5.75 Å². The van der Waals surface area contributed by atoms with E-state index in [1.165, 1.54) is 13.1 Å². The fourth-order valence-corrected chi connectivity index (χ4v) is 2.61. The highest BCUT2D eigenvalue weighted by Crippen LogP contribution is 2.33. The Morgan fingerprint density at radius 3 is 2.45 bits per heavy atom. The second kappa shape index (κ2) is 5.50. The zero-order valence-corrected chi connectivity index (χ0v) is 11.0. The third kappa shape index (κ3) is 3.48. The summed E-state index contributed by atoms with van der Waals surface area (Å²) >= 11 is 0. The molecule has 0 unspecified atom stereocenters. The van der Waals surface area contributed by atoms with E-state index in [9.17, 15) is 26.4 Å². The van der Waals surface area contributed by atoms with Gasteiger partial charge < -0.3 is 5.32 Å². The van der Waals surface area contributed by atoms with Crippen molar-refractivity contribution >= 4 is 15.7 Å². The molecule has 0 heterocycles. The largest absolute Gasteiger partial charge is 0.417 e. The van der Waals surface area contributed by atoms with Gasteiger partial charge in [-0.1, -0.05) is 0 Å². The third-order valence-corrected chi connectivity index (χ3v) is 3.99. The SMILES string of the molecule is CNC(=O)CS(=O)(=O)c1ccc(C#N)c(C(F)(F)F)c1. The molecule has 1 amide bonds. The minimum Gasteiger partial charge on any atom is -0.358 e. The van der Waals surface area contributed by atoms with Crippen LogP contribution in [0.5, 0.6) is 0 Å². The molecule has 0 spiro atoms. The monoisotopic (exact) mass is 306 g/mol. The topological polar surface area (TPSA) is 87.0 Å². The summed E-state index contributed by atoms with van der Waals surface area (Å²) in [6.07, 6.45) is -4.86. The maximum absolute atomic E-state index is 12.7. The van der Waals surface area contributed by atoms with Gasteiger partial charge in [0.2, 0.25) is 5.91 Å². The van der Waals surface area contributed by atoms with Crippen LogP contribution >= 0.6 is 0 Å². The molecular formula is C11H9F3N2O3S. The molecule has 0 fully saturated rings. The Kier molecular flexibility index (Phi) is 4.39. The van der Waals surface area contributed by atoms with Crippen LogP contribution in [0.15, 0.2) is 23.1 Å². The molecule has 5 nitrogen and oxygen atoms in total. The summed E-state index contributed by atoms with van der Waals surface area (Å²) in [6.45, 7) is 0. The smallest absolute Gasteiger partial charge is 0.358 e. The fourth-order valence-electron chi connectivity index (χ4n) is 1.38. The average Bonchev–Trinajstić information content (AvgIpc) is 2.36. The molecule has 1 aromatic rings. The standard InChI is InChI=1S/C11H9F3N2O3S/c1-16-10(17)6-20(18,19)8-3-2-7(5-15)9(4-8)11(12,13)14/h2-4H,6H2,1H3,(H,16,17). The first kappa shape index (κ1) is 16.0. The number of benzene rings is 1. The molecule has 1 aromatic carbocycles. The first-order valence-electron chi connectivity index (χ1n) is 5.16. The normalized spacial score (nSPS) is 11.8. The number of hydrogen-bond acceptors (Lipinski definition) is 4. The highest BCUT2D eigenvalue weighted by atomic mass is 32.2. The van der Waals surface area contributed by atoms with Gasteiger partial charge in [0.25, 0.3) is 0 Å². The van der Waals surface area contributed by atoms with Crippen LogP contribution < -0.4 is 5.32 Å². The number of sulfone groups is 1. The molecule has 0 atom stereocenters. The van der Waals surface area contributed by atoms with Gasteiger partial charge >= 0.3 is 6.18 Å². The van der Waals surface area contributed by atoms with Crippen molar-refractivity contribution < 1.29 is 26.4 Å². The van der Waals surface area contributed by atoms with E-state index < -0.39 is 43.7 Å². The molecule has 0 bridgehead atoms. The molecule has 0 saturated heterocycles. The molecule has 0 aliphatic carbocycles. The van der Waals surface area contributed by atoms with E-state index in [4.69, 9.17) is 5.26 Å². The van der Waals surface area contributed by atoms with E-state index in [2.05, 4.69) is 5.32 Å². The van der Waals surface area contributed by atoms with E-state index >= 15 is 0 Å². The van der Waals surface area contributed by atoms with E-state index in [1.807, 2.05) is 0 Å². The summed E-state index contributed by atoms with van der Waals surface area (Å²) in [5, 5.41) is 10.7. The zero-order valence-electron chi connectivity index (χ0n) is 10.2. The Morgan fingerprint density at radius 1 is 1.40 bits per heavy atom. The highest BCUT2D eigenvalue weighted by molar-refractivity contribution is 7.92. The molecule has 108 valence electrons. The summed E-state index contributed by atoms with van der Waals surface area (Å²) in [5.74, 6) is -1.81. The predicted molar refractivity (Wildman–Crippen MR) is 62.3 cm³/mol. The number of nitriles is 1. The van der Waals surface area contributed by atoms with Crippen molar-refractivity contribution in [3.05, 3.63) is 29.3 Å². The molecule has 0 radical (unpaired) electrons. The van der Waals surface area contributed by atoms with Gasteiger partial charge in [-0.15, -0.1) is 0 Å². The molecule has 1 rings (SSSR count). The number of halogens is 3. The van der Waals surface area contributed by atoms with Crippen LogP contribution in [-0.4, -0.2) is 27.1 Å². The number of carbonyl (C=O) groups is 1. The molecule has 0 saturated carbocycles. The van der Waals surface area contributed by atoms with Crippen LogP contribution in [0.2, 0.25) is 0 Å². The molecule has 20 heavy (non-hydrogen) atoms. The van der Waals surface area contributed by atoms with Crippen molar-refractivity contribution in [1.82, 2.24) is 5.32 Å². The lowest BCUT2D eigenvalue weighted by Crippen LogP contribution is -2.27. The molecule has 0 aliphatic heterocycles. The van der Waals surface area contributed by atoms with Crippen molar-refractivity contribution in [3.8, 4) is 6.07 Å². The second-order valence-electron chi connectivity index (χ2n) is 3.75. The van der Waals surface area contributed by atoms with Gasteiger partial charge in [0.15, 0.2) is 9.84 Å². The van der Waals surface area contributed by atoms with Crippen LogP contribution in [0.3, 0.4) is 0 Å². The van der Waals surface area contributed by atoms with E-state index in [0.29, 0.717) is 6.07 Å². The number of carbonyl (C=O) groups excluding carboxylic acids is 1. The molecular weight excluding hydrogens is 297 g/mol. The second-order valence-corrected chi connectivity index (χ2v) is 5.74. The van der Waals surface area contributed by atoms with Gasteiger partial charge in [-0.25, -0.2) is 8.42 Å². The summed E-state index contributed by atoms with van der Waals surface area (Å²) in [5.41, 5.74) is -2.03. The number of nitrogens with one attached hydrogen (secondary N) is 1. The maximum atomic E-state index is 12.7. The first-order valence-corrected chi connectivity index (χ1v) is 6.81. The van der Waals surface area contributed by atoms with Crippen LogP contribution in [-0.2, 0) is 20.8 Å². The van der Waals surface area contributed by atoms with E-state index in [0.717, 1.165) is 12.1 Å². The van der Waals surface area contributed by atoms with Gasteiger partial charge in [0, 0.05) is 7.05 Å². The number of alkyl halides is 3. The lowest BCUT2D eigenvalue weighted by molar-refractivity contribution is -0.137. The van der Waals surface area contributed by atoms with Gasteiger partial charge in [-0.05, 0) is 18.2 Å². The van der Waals surface area contributed by atoms with Crippen LogP contribution in [0.1, 0.15) is 11.1 Å². The maximum Gasteiger partial charge on any atom is 0.417 e. The minimum absolute atomic E-state index is 0.358. The van der Waals surface area contributed by atoms with Gasteiger partial charge in [-0.2, -0.15) is 18.4 Å². The number of rotatable bonds is 3. The van der Waals surface area contributed by atoms with Crippen molar-refractivity contribution in [2.45, 2.75) is 11.1 Å². The average molecular weight is 306 g/mol. The van der Waals surface area contributed by atoms with Crippen molar-refractivity contribution in [2.75, 3.05) is 12.8 Å². The molecule has 9 heteroatoms. The fraction of sp³-hybridized carbons (Fsp3) is 0.273. The molecule has 0 aliphatic rings. The zero-order chi connectivity index (χ0) is 15.6. The summed E-state index contributed by atoms with van der Waals surface area (Å²) in [4.78, 5) is 10.4. The summed E-state index contributed by atoms with van der Waals surface area (Å²) in [6, 6.07) is 3.33. The van der Waals surface area contributed by atoms with Crippen molar-refractivity contribution in [2.24, 2.45) is 0 Å². The van der Waals surface area contributed by atoms with Crippen LogP contribution in [0.4, 0.5) is 13.2 Å². The Balaban J connectivity index is 3.36. The molecule has 1 N–H and O–H groups in total.